The van der Waals surface area contributed by atoms with E-state index in [9.17, 15) is 33.6 Å². The molecule has 0 aliphatic carbocycles. The van der Waals surface area contributed by atoms with Gasteiger partial charge in [-0.1, -0.05) is 251 Å². The van der Waals surface area contributed by atoms with E-state index in [1.165, 1.54) is 135 Å². The Bertz CT molecular complexity index is 1260. The van der Waals surface area contributed by atoms with E-state index in [0.29, 0.717) is 38.1 Å². The average Bonchev–Trinajstić information content (AvgIpc) is 3.44. The van der Waals surface area contributed by atoms with Crippen LogP contribution >= 0.6 is 0 Å². The molecule has 0 rings (SSSR count). The summed E-state index contributed by atoms with van der Waals surface area (Å²) in [5, 5.41) is 8.72. The normalized spacial score (nSPS) is 11.1. The fraction of sp³-hybridized carbons (Fsp3) is 0.896. The number of hydrogen-bond donors (Lipinski definition) is 1. The highest BCUT2D eigenvalue weighted by Crippen LogP contribution is 2.20. The molecule has 0 aliphatic rings. The van der Waals surface area contributed by atoms with Gasteiger partial charge < -0.3 is 38.3 Å². The molecule has 0 aromatic rings. The summed E-state index contributed by atoms with van der Waals surface area (Å²) in [6.07, 6.45) is 38.0. The predicted octanol–water partition coefficient (Wildman–Crippen LogP) is 18.6. The number of unbranched alkanes of at least 4 members (excludes halogenated alkanes) is 22. The third-order valence-electron chi connectivity index (χ3n) is 12.4. The molecule has 3 unspecified atom stereocenters. The van der Waals surface area contributed by atoms with Crippen molar-refractivity contribution in [3.05, 3.63) is 0 Å². The SMILES string of the molecule is CC.CCC.CCCCCCCCC.CCCCCCCCC(=O)OCC(CC=O)CC(=O)OCC(CCCC)C(C)C.CCCCCCCCOC.CCCCCCCCOC(=O)CC(COC=O)CC(=O)O.CCCOC(C)=O. The molecule has 81 heavy (non-hydrogen) atoms. The zero-order chi connectivity index (χ0) is 62.8. The number of methoxy groups -OCH3 is 1. The van der Waals surface area contributed by atoms with Crippen LogP contribution in [0.25, 0.3) is 0 Å². The van der Waals surface area contributed by atoms with E-state index in [1.807, 2.05) is 20.8 Å². The van der Waals surface area contributed by atoms with Crippen molar-refractivity contribution < 1.29 is 67.1 Å². The van der Waals surface area contributed by atoms with Gasteiger partial charge in [0.05, 0.1) is 52.3 Å². The lowest BCUT2D eigenvalue weighted by atomic mass is 9.91. The molecule has 0 aromatic carbocycles. The molecule has 486 valence electrons. The van der Waals surface area contributed by atoms with Crippen molar-refractivity contribution in [1.29, 1.82) is 0 Å². The first kappa shape index (κ1) is 91.2. The van der Waals surface area contributed by atoms with Gasteiger partial charge in [-0.3, -0.25) is 28.8 Å². The number of hydrogen-bond acceptors (Lipinski definition) is 13. The van der Waals surface area contributed by atoms with Gasteiger partial charge in [0, 0.05) is 45.3 Å². The van der Waals surface area contributed by atoms with E-state index in [4.69, 9.17) is 24.1 Å². The number of carbonyl (C=O) groups is 7. The standard InChI is InChI=1S/C24H44O5.C15H26O6.C9H20O.C9H20.C5H10O2.C3H8.C2H6/c1-5-7-9-10-11-12-14-23(26)28-18-21(15-16-25)17-24(27)29-19-22(20(3)4)13-8-6-2;1-2-3-4-5-6-7-8-21-15(19)10-13(9-14(17)18)11-20-12-16;1-3-4-5-6-7-8-9-10-2;1-3-5-7-9-8-6-4-2;1-3-4-7-5(2)6;1-3-2;1-2/h16,20-22H,5-15,17-19H2,1-4H3;12-13H,2-11H2,1H3,(H,17,18);3-9H2,1-2H3;3-9H2,1-2H3;3-4H2,1-2H3;3H2,1-2H3;1-2H3. The second-order valence-electron chi connectivity index (χ2n) is 21.2. The molecular weight excluding hydrogens is 1030 g/mol. The van der Waals surface area contributed by atoms with Gasteiger partial charge in [-0.25, -0.2) is 0 Å². The smallest absolute Gasteiger partial charge is 0.306 e. The van der Waals surface area contributed by atoms with E-state index in [-0.39, 0.29) is 69.2 Å². The van der Waals surface area contributed by atoms with Gasteiger partial charge in [0.1, 0.15) is 6.29 Å². The van der Waals surface area contributed by atoms with E-state index in [2.05, 4.69) is 78.7 Å². The van der Waals surface area contributed by atoms with Gasteiger partial charge in [0.2, 0.25) is 0 Å². The summed E-state index contributed by atoms with van der Waals surface area (Å²) in [5.41, 5.74) is 0. The summed E-state index contributed by atoms with van der Waals surface area (Å²) in [4.78, 5) is 77.3. The van der Waals surface area contributed by atoms with Crippen LogP contribution in [0, 0.1) is 23.7 Å². The number of aliphatic carboxylic acids is 1. The lowest BCUT2D eigenvalue weighted by Gasteiger charge is -2.21. The Kier molecular flexibility index (Phi) is 93.4. The Labute approximate surface area is 499 Å². The molecule has 14 heteroatoms. The predicted molar refractivity (Wildman–Crippen MR) is 336 cm³/mol. The molecule has 0 aliphatic heterocycles. The average molecular weight is 1160 g/mol. The molecule has 0 saturated heterocycles. The zero-order valence-corrected chi connectivity index (χ0v) is 55.7. The lowest BCUT2D eigenvalue weighted by molar-refractivity contribution is -0.151. The first-order chi connectivity index (χ1) is 39.0. The van der Waals surface area contributed by atoms with Crippen molar-refractivity contribution in [3.8, 4) is 0 Å². The number of rotatable bonds is 48. The zero-order valence-electron chi connectivity index (χ0n) is 55.7. The van der Waals surface area contributed by atoms with Crippen LogP contribution in [0.5, 0.6) is 0 Å². The van der Waals surface area contributed by atoms with Crippen molar-refractivity contribution in [3.63, 3.8) is 0 Å². The van der Waals surface area contributed by atoms with Gasteiger partial charge in [-0.15, -0.1) is 0 Å². The molecule has 0 radical (unpaired) electrons. The summed E-state index contributed by atoms with van der Waals surface area (Å²) in [5.74, 6) is -2.24. The number of aldehydes is 1. The van der Waals surface area contributed by atoms with E-state index in [1.54, 1.807) is 7.11 Å². The summed E-state index contributed by atoms with van der Waals surface area (Å²) in [6, 6.07) is 0. The largest absolute Gasteiger partial charge is 0.481 e. The quantitative estimate of drug-likeness (QED) is 0.0261. The number of carbonyl (C=O) groups excluding carboxylic acids is 6. The number of carboxylic acids is 1. The molecule has 0 aromatic heterocycles. The summed E-state index contributed by atoms with van der Waals surface area (Å²) in [7, 11) is 1.77. The second kappa shape index (κ2) is 82.9. The van der Waals surface area contributed by atoms with E-state index < -0.39 is 17.9 Å². The Balaban J connectivity index is -0.000000182. The van der Waals surface area contributed by atoms with E-state index >= 15 is 0 Å². The molecule has 0 bridgehead atoms. The molecule has 0 spiro atoms. The molecule has 14 nitrogen and oxygen atoms in total. The maximum Gasteiger partial charge on any atom is 0.306 e. The van der Waals surface area contributed by atoms with Gasteiger partial charge in [-0.2, -0.15) is 0 Å². The van der Waals surface area contributed by atoms with Crippen molar-refractivity contribution in [2.45, 2.75) is 322 Å². The van der Waals surface area contributed by atoms with Crippen LogP contribution in [0.2, 0.25) is 0 Å². The minimum atomic E-state index is -1.03. The number of carboxylic acid groups (broad SMARTS) is 1. The van der Waals surface area contributed by atoms with Crippen LogP contribution in [0.15, 0.2) is 0 Å². The number of esters is 4. The Morgan fingerprint density at radius 2 is 0.852 bits per heavy atom. The lowest BCUT2D eigenvalue weighted by Crippen LogP contribution is -2.22. The minimum Gasteiger partial charge on any atom is -0.481 e. The molecule has 0 fully saturated rings. The van der Waals surface area contributed by atoms with Crippen LogP contribution in [0.1, 0.15) is 322 Å². The van der Waals surface area contributed by atoms with E-state index in [0.717, 1.165) is 77.1 Å². The number of ether oxygens (including phenoxy) is 6. The van der Waals surface area contributed by atoms with Crippen molar-refractivity contribution >= 4 is 42.6 Å². The highest BCUT2D eigenvalue weighted by Gasteiger charge is 2.21. The Hall–Kier alpha value is -3.55. The van der Waals surface area contributed by atoms with Crippen molar-refractivity contribution in [2.75, 3.05) is 46.8 Å². The van der Waals surface area contributed by atoms with Gasteiger partial charge in [-0.05, 0) is 43.9 Å². The molecule has 0 heterocycles. The summed E-state index contributed by atoms with van der Waals surface area (Å²) < 4.78 is 29.9. The first-order valence-corrected chi connectivity index (χ1v) is 32.8. The first-order valence-electron chi connectivity index (χ1n) is 32.8. The maximum atomic E-state index is 12.2. The maximum absolute atomic E-state index is 12.2. The Morgan fingerprint density at radius 1 is 0.444 bits per heavy atom. The third-order valence-corrected chi connectivity index (χ3v) is 12.4. The second-order valence-corrected chi connectivity index (χ2v) is 21.2. The molecule has 3 atom stereocenters. The van der Waals surface area contributed by atoms with Crippen LogP contribution in [0.4, 0.5) is 0 Å². The van der Waals surface area contributed by atoms with Crippen molar-refractivity contribution in [1.82, 2.24) is 0 Å². The highest BCUT2D eigenvalue weighted by atomic mass is 16.5. The molecular formula is C67H134O14. The van der Waals surface area contributed by atoms with Crippen molar-refractivity contribution in [2.24, 2.45) is 23.7 Å². The van der Waals surface area contributed by atoms with Crippen LogP contribution in [-0.2, 0) is 62.0 Å². The summed E-state index contributed by atoms with van der Waals surface area (Å²) in [6.45, 7) is 31.7. The summed E-state index contributed by atoms with van der Waals surface area (Å²) >= 11 is 0. The highest BCUT2D eigenvalue weighted by molar-refractivity contribution is 5.72. The topological polar surface area (TPSA) is 195 Å². The molecule has 0 saturated carbocycles. The van der Waals surface area contributed by atoms with Crippen LogP contribution in [-0.4, -0.2) is 94.5 Å². The van der Waals surface area contributed by atoms with Gasteiger partial charge in [0.15, 0.2) is 0 Å². The fourth-order valence-electron chi connectivity index (χ4n) is 7.53. The molecule has 1 N–H and O–H groups in total. The van der Waals surface area contributed by atoms with Gasteiger partial charge in [0.25, 0.3) is 6.47 Å². The van der Waals surface area contributed by atoms with Crippen LogP contribution < -0.4 is 0 Å². The molecule has 0 amide bonds. The third kappa shape index (κ3) is 93.1. The van der Waals surface area contributed by atoms with Crippen LogP contribution in [0.3, 0.4) is 0 Å². The monoisotopic (exact) mass is 1160 g/mol. The van der Waals surface area contributed by atoms with Gasteiger partial charge >= 0.3 is 29.8 Å². The minimum absolute atomic E-state index is 0.0457. The fourth-order valence-corrected chi connectivity index (χ4v) is 7.53. The Morgan fingerprint density at radius 3 is 1.23 bits per heavy atom.